The molecular formula is C16H27ClN2O2. The van der Waals surface area contributed by atoms with Crippen molar-refractivity contribution in [3.05, 3.63) is 30.3 Å². The maximum atomic E-state index is 12.0. The van der Waals surface area contributed by atoms with Crippen LogP contribution in [0.1, 0.15) is 26.7 Å². The van der Waals surface area contributed by atoms with Gasteiger partial charge in [0.25, 0.3) is 0 Å². The first-order valence-corrected chi connectivity index (χ1v) is 7.19. The molecular weight excluding hydrogens is 288 g/mol. The summed E-state index contributed by atoms with van der Waals surface area (Å²) in [6.07, 6.45) is 1.52. The standard InChI is InChI=1S/C16H26N2O2.ClH/c1-13(2)12-15(17)16(19)18(3)10-7-11-20-14-8-5-4-6-9-14;/h4-6,8-9,13,15H,7,10-12,17H2,1-3H3;1H/t15-;/m0./s1. The monoisotopic (exact) mass is 314 g/mol. The first kappa shape index (κ1) is 19.7. The molecule has 0 spiro atoms. The van der Waals surface area contributed by atoms with Crippen molar-refractivity contribution >= 4 is 18.3 Å². The molecule has 0 heterocycles. The van der Waals surface area contributed by atoms with Crippen LogP contribution in [0.15, 0.2) is 30.3 Å². The van der Waals surface area contributed by atoms with E-state index in [4.69, 9.17) is 10.5 Å². The highest BCUT2D eigenvalue weighted by molar-refractivity contribution is 5.85. The fourth-order valence-corrected chi connectivity index (χ4v) is 2.01. The third kappa shape index (κ3) is 7.93. The molecule has 0 bridgehead atoms. The number of halogens is 1. The zero-order chi connectivity index (χ0) is 15.0. The zero-order valence-electron chi connectivity index (χ0n) is 13.1. The Morgan fingerprint density at radius 3 is 2.48 bits per heavy atom. The highest BCUT2D eigenvalue weighted by atomic mass is 35.5. The summed E-state index contributed by atoms with van der Waals surface area (Å²) in [6, 6.07) is 9.29. The van der Waals surface area contributed by atoms with Crippen molar-refractivity contribution in [2.24, 2.45) is 11.7 Å². The van der Waals surface area contributed by atoms with Crippen LogP contribution in [-0.2, 0) is 4.79 Å². The summed E-state index contributed by atoms with van der Waals surface area (Å²) in [5.41, 5.74) is 5.89. The Kier molecular flexibility index (Phi) is 9.84. The Morgan fingerprint density at radius 1 is 1.29 bits per heavy atom. The Bertz CT molecular complexity index is 399. The van der Waals surface area contributed by atoms with Gasteiger partial charge in [-0.25, -0.2) is 0 Å². The minimum Gasteiger partial charge on any atom is -0.494 e. The lowest BCUT2D eigenvalue weighted by molar-refractivity contribution is -0.131. The molecule has 21 heavy (non-hydrogen) atoms. The third-order valence-electron chi connectivity index (χ3n) is 3.07. The second kappa shape index (κ2) is 10.5. The van der Waals surface area contributed by atoms with Crippen LogP contribution in [0, 0.1) is 5.92 Å². The number of carbonyl (C=O) groups is 1. The van der Waals surface area contributed by atoms with E-state index in [1.165, 1.54) is 0 Å². The largest absolute Gasteiger partial charge is 0.494 e. The van der Waals surface area contributed by atoms with Gasteiger partial charge in [-0.15, -0.1) is 12.4 Å². The Morgan fingerprint density at radius 2 is 1.90 bits per heavy atom. The van der Waals surface area contributed by atoms with Crippen LogP contribution in [0.2, 0.25) is 0 Å². The van der Waals surface area contributed by atoms with Crippen molar-refractivity contribution in [2.75, 3.05) is 20.2 Å². The average Bonchev–Trinajstić information content (AvgIpc) is 2.43. The number of para-hydroxylation sites is 1. The molecule has 0 saturated carbocycles. The number of carbonyl (C=O) groups excluding carboxylic acids is 1. The molecule has 0 radical (unpaired) electrons. The lowest BCUT2D eigenvalue weighted by Crippen LogP contribution is -2.43. The van der Waals surface area contributed by atoms with Gasteiger partial charge in [-0.3, -0.25) is 4.79 Å². The maximum absolute atomic E-state index is 12.0. The van der Waals surface area contributed by atoms with Gasteiger partial charge >= 0.3 is 0 Å². The number of hydrogen-bond acceptors (Lipinski definition) is 3. The van der Waals surface area contributed by atoms with Gasteiger partial charge in [0.2, 0.25) is 5.91 Å². The van der Waals surface area contributed by atoms with Crippen LogP contribution >= 0.6 is 12.4 Å². The summed E-state index contributed by atoms with van der Waals surface area (Å²) in [7, 11) is 1.80. The second-order valence-electron chi connectivity index (χ2n) is 5.51. The summed E-state index contributed by atoms with van der Waals surface area (Å²) in [5.74, 6) is 1.31. The molecule has 0 aliphatic carbocycles. The molecule has 0 fully saturated rings. The predicted molar refractivity (Wildman–Crippen MR) is 88.9 cm³/mol. The van der Waals surface area contributed by atoms with Gasteiger partial charge in [0.1, 0.15) is 5.75 Å². The van der Waals surface area contributed by atoms with Crippen LogP contribution in [0.25, 0.3) is 0 Å². The molecule has 0 aliphatic rings. The third-order valence-corrected chi connectivity index (χ3v) is 3.07. The van der Waals surface area contributed by atoms with Crippen molar-refractivity contribution in [2.45, 2.75) is 32.7 Å². The van der Waals surface area contributed by atoms with E-state index in [9.17, 15) is 4.79 Å². The molecule has 0 aliphatic heterocycles. The Balaban J connectivity index is 0.00000400. The Labute approximate surface area is 134 Å². The maximum Gasteiger partial charge on any atom is 0.239 e. The molecule has 0 saturated heterocycles. The van der Waals surface area contributed by atoms with Crippen molar-refractivity contribution in [3.8, 4) is 5.75 Å². The number of rotatable bonds is 8. The summed E-state index contributed by atoms with van der Waals surface area (Å²) in [4.78, 5) is 13.7. The number of hydrogen-bond donors (Lipinski definition) is 1. The SMILES string of the molecule is CC(C)C[C@H](N)C(=O)N(C)CCCOc1ccccc1.Cl. The van der Waals surface area contributed by atoms with Crippen molar-refractivity contribution in [3.63, 3.8) is 0 Å². The first-order valence-electron chi connectivity index (χ1n) is 7.19. The fraction of sp³-hybridized carbons (Fsp3) is 0.562. The van der Waals surface area contributed by atoms with E-state index in [2.05, 4.69) is 13.8 Å². The molecule has 0 aromatic heterocycles. The van der Waals surface area contributed by atoms with Crippen molar-refractivity contribution < 1.29 is 9.53 Å². The molecule has 0 unspecified atom stereocenters. The molecule has 1 amide bonds. The van der Waals surface area contributed by atoms with E-state index >= 15 is 0 Å². The number of ether oxygens (including phenoxy) is 1. The van der Waals surface area contributed by atoms with Crippen LogP contribution < -0.4 is 10.5 Å². The van der Waals surface area contributed by atoms with Gasteiger partial charge in [0.15, 0.2) is 0 Å². The highest BCUT2D eigenvalue weighted by Gasteiger charge is 2.18. The number of nitrogens with two attached hydrogens (primary N) is 1. The van der Waals surface area contributed by atoms with Crippen molar-refractivity contribution in [1.82, 2.24) is 4.90 Å². The fourth-order valence-electron chi connectivity index (χ4n) is 2.01. The molecule has 1 aromatic rings. The van der Waals surface area contributed by atoms with E-state index < -0.39 is 6.04 Å². The van der Waals surface area contributed by atoms with E-state index in [1.807, 2.05) is 30.3 Å². The highest BCUT2D eigenvalue weighted by Crippen LogP contribution is 2.09. The van der Waals surface area contributed by atoms with Crippen LogP contribution in [-0.4, -0.2) is 37.0 Å². The summed E-state index contributed by atoms with van der Waals surface area (Å²) < 4.78 is 5.59. The van der Waals surface area contributed by atoms with Gasteiger partial charge in [-0.05, 0) is 30.9 Å². The smallest absolute Gasteiger partial charge is 0.239 e. The summed E-state index contributed by atoms with van der Waals surface area (Å²) in [6.45, 7) is 5.40. The van der Waals surface area contributed by atoms with E-state index in [0.29, 0.717) is 19.1 Å². The molecule has 120 valence electrons. The number of benzene rings is 1. The summed E-state index contributed by atoms with van der Waals surface area (Å²) >= 11 is 0. The molecule has 1 rings (SSSR count). The van der Waals surface area contributed by atoms with Gasteiger partial charge in [-0.2, -0.15) is 0 Å². The van der Waals surface area contributed by atoms with Gasteiger partial charge in [-0.1, -0.05) is 32.0 Å². The normalized spacial score (nSPS) is 11.7. The first-order chi connectivity index (χ1) is 9.50. The van der Waals surface area contributed by atoms with E-state index in [-0.39, 0.29) is 18.3 Å². The molecule has 2 N–H and O–H groups in total. The Hall–Kier alpha value is -1.26. The average molecular weight is 315 g/mol. The van der Waals surface area contributed by atoms with Crippen LogP contribution in [0.4, 0.5) is 0 Å². The predicted octanol–water partition coefficient (Wildman–Crippen LogP) is 2.71. The lowest BCUT2D eigenvalue weighted by atomic mass is 10.0. The minimum atomic E-state index is -0.393. The number of likely N-dealkylation sites (N-methyl/N-ethyl adjacent to an activating group) is 1. The van der Waals surface area contributed by atoms with Gasteiger partial charge in [0, 0.05) is 13.6 Å². The quantitative estimate of drug-likeness (QED) is 0.751. The van der Waals surface area contributed by atoms with Gasteiger partial charge < -0.3 is 15.4 Å². The van der Waals surface area contributed by atoms with Gasteiger partial charge in [0.05, 0.1) is 12.6 Å². The van der Waals surface area contributed by atoms with Crippen LogP contribution in [0.5, 0.6) is 5.75 Å². The topological polar surface area (TPSA) is 55.6 Å². The van der Waals surface area contributed by atoms with Crippen molar-refractivity contribution in [1.29, 1.82) is 0 Å². The lowest BCUT2D eigenvalue weighted by Gasteiger charge is -2.22. The zero-order valence-corrected chi connectivity index (χ0v) is 13.9. The molecule has 1 atom stereocenters. The van der Waals surface area contributed by atoms with Crippen LogP contribution in [0.3, 0.4) is 0 Å². The second-order valence-corrected chi connectivity index (χ2v) is 5.51. The number of amides is 1. The number of nitrogens with zero attached hydrogens (tertiary/aromatic N) is 1. The minimum absolute atomic E-state index is 0. The molecule has 1 aromatic carbocycles. The van der Waals surface area contributed by atoms with E-state index in [0.717, 1.165) is 18.6 Å². The molecule has 5 heteroatoms. The summed E-state index contributed by atoms with van der Waals surface area (Å²) in [5, 5.41) is 0. The molecule has 4 nitrogen and oxygen atoms in total. The van der Waals surface area contributed by atoms with E-state index in [1.54, 1.807) is 11.9 Å².